The first kappa shape index (κ1) is 9.54. The average molecular weight is 225 g/mol. The smallest absolute Gasteiger partial charge is 0.200 e. The number of ether oxygens (including phenoxy) is 1. The van der Waals surface area contributed by atoms with Crippen molar-refractivity contribution in [1.82, 2.24) is 9.78 Å². The standard InChI is InChI=1S/C10H15N3OS/c11-10-13(6-8-2-1-5-14-8)12-9(15-10)7-3-4-7/h7-8,11H,1-6H2. The van der Waals surface area contributed by atoms with Gasteiger partial charge in [-0.1, -0.05) is 11.3 Å². The van der Waals surface area contributed by atoms with E-state index in [0.29, 0.717) is 10.7 Å². The molecule has 15 heavy (non-hydrogen) atoms. The van der Waals surface area contributed by atoms with E-state index in [4.69, 9.17) is 10.1 Å². The number of aromatic nitrogens is 2. The van der Waals surface area contributed by atoms with E-state index in [-0.39, 0.29) is 6.10 Å². The fourth-order valence-corrected chi connectivity index (χ4v) is 2.90. The molecule has 5 heteroatoms. The zero-order valence-electron chi connectivity index (χ0n) is 8.61. The second-order valence-corrected chi connectivity index (χ2v) is 5.35. The van der Waals surface area contributed by atoms with Gasteiger partial charge in [0.05, 0.1) is 12.6 Å². The van der Waals surface area contributed by atoms with Gasteiger partial charge in [-0.05, 0) is 25.7 Å². The number of hydrogen-bond donors (Lipinski definition) is 1. The van der Waals surface area contributed by atoms with E-state index in [9.17, 15) is 0 Å². The van der Waals surface area contributed by atoms with Gasteiger partial charge in [-0.2, -0.15) is 5.10 Å². The summed E-state index contributed by atoms with van der Waals surface area (Å²) in [5, 5.41) is 13.5. The summed E-state index contributed by atoms with van der Waals surface area (Å²) in [5.41, 5.74) is 0. The first-order chi connectivity index (χ1) is 7.33. The van der Waals surface area contributed by atoms with E-state index in [2.05, 4.69) is 5.10 Å². The van der Waals surface area contributed by atoms with E-state index in [1.165, 1.54) is 24.2 Å². The molecule has 2 fully saturated rings. The molecule has 3 rings (SSSR count). The Balaban J connectivity index is 1.75. The van der Waals surface area contributed by atoms with Gasteiger partial charge >= 0.3 is 0 Å². The highest BCUT2D eigenvalue weighted by Crippen LogP contribution is 2.39. The molecule has 2 heterocycles. The molecule has 1 saturated carbocycles. The molecule has 1 aromatic rings. The summed E-state index contributed by atoms with van der Waals surface area (Å²) in [6.45, 7) is 1.64. The number of hydrogen-bond acceptors (Lipinski definition) is 4. The van der Waals surface area contributed by atoms with Gasteiger partial charge in [-0.25, -0.2) is 4.68 Å². The van der Waals surface area contributed by atoms with Crippen LogP contribution in [0.25, 0.3) is 0 Å². The second kappa shape index (κ2) is 3.72. The molecular formula is C10H15N3OS. The fourth-order valence-electron chi connectivity index (χ4n) is 1.94. The van der Waals surface area contributed by atoms with Crippen LogP contribution in [0.1, 0.15) is 36.6 Å². The lowest BCUT2D eigenvalue weighted by Gasteiger charge is -2.07. The fraction of sp³-hybridized carbons (Fsp3) is 0.800. The van der Waals surface area contributed by atoms with Gasteiger partial charge in [0.15, 0.2) is 4.80 Å². The summed E-state index contributed by atoms with van der Waals surface area (Å²) in [6, 6.07) is 0. The van der Waals surface area contributed by atoms with Crippen LogP contribution in [0.3, 0.4) is 0 Å². The highest BCUT2D eigenvalue weighted by molar-refractivity contribution is 7.08. The number of nitrogens with zero attached hydrogens (tertiary/aromatic N) is 2. The quantitative estimate of drug-likeness (QED) is 0.847. The Morgan fingerprint density at radius 1 is 1.47 bits per heavy atom. The molecule has 0 radical (unpaired) electrons. The predicted molar refractivity (Wildman–Crippen MR) is 56.9 cm³/mol. The minimum absolute atomic E-state index is 0.285. The Morgan fingerprint density at radius 3 is 3.00 bits per heavy atom. The Morgan fingerprint density at radius 2 is 2.33 bits per heavy atom. The molecule has 4 nitrogen and oxygen atoms in total. The van der Waals surface area contributed by atoms with Gasteiger partial charge < -0.3 is 4.74 Å². The summed E-state index contributed by atoms with van der Waals surface area (Å²) in [6.07, 6.45) is 5.06. The first-order valence-corrected chi connectivity index (χ1v) is 6.38. The largest absolute Gasteiger partial charge is 0.376 e. The third-order valence-electron chi connectivity index (χ3n) is 2.98. The van der Waals surface area contributed by atoms with Gasteiger partial charge in [0.2, 0.25) is 0 Å². The van der Waals surface area contributed by atoms with Crippen molar-refractivity contribution in [2.45, 2.75) is 44.2 Å². The molecule has 2 aliphatic rings. The molecule has 0 bridgehead atoms. The molecule has 1 aliphatic heterocycles. The highest BCUT2D eigenvalue weighted by Gasteiger charge is 2.28. The molecule has 1 N–H and O–H groups in total. The first-order valence-electron chi connectivity index (χ1n) is 5.57. The normalized spacial score (nSPS) is 26.0. The van der Waals surface area contributed by atoms with E-state index < -0.39 is 0 Å². The zero-order valence-corrected chi connectivity index (χ0v) is 9.42. The van der Waals surface area contributed by atoms with Gasteiger partial charge in [-0.3, -0.25) is 5.41 Å². The molecule has 1 aromatic heterocycles. The van der Waals surface area contributed by atoms with Gasteiger partial charge in [0.25, 0.3) is 0 Å². The molecule has 0 aromatic carbocycles. The maximum Gasteiger partial charge on any atom is 0.200 e. The van der Waals surface area contributed by atoms with E-state index in [1.54, 1.807) is 0 Å². The Labute approximate surface area is 92.4 Å². The van der Waals surface area contributed by atoms with Crippen LogP contribution >= 0.6 is 11.3 Å². The Kier molecular flexibility index (Phi) is 2.36. The van der Waals surface area contributed by atoms with Crippen molar-refractivity contribution < 1.29 is 4.74 Å². The molecule has 82 valence electrons. The topological polar surface area (TPSA) is 50.9 Å². The summed E-state index contributed by atoms with van der Waals surface area (Å²) in [7, 11) is 0. The summed E-state index contributed by atoms with van der Waals surface area (Å²) >= 11 is 1.53. The van der Waals surface area contributed by atoms with Gasteiger partial charge in [-0.15, -0.1) is 0 Å². The SMILES string of the molecule is N=c1sc(C2CC2)nn1CC1CCCO1. The van der Waals surface area contributed by atoms with E-state index in [0.717, 1.165) is 31.0 Å². The number of nitrogens with one attached hydrogen (secondary N) is 1. The molecule has 1 aliphatic carbocycles. The Hall–Kier alpha value is -0.680. The Bertz CT molecular complexity index is 401. The maximum absolute atomic E-state index is 7.84. The molecule has 1 saturated heterocycles. The zero-order chi connectivity index (χ0) is 10.3. The third-order valence-corrected chi connectivity index (χ3v) is 4.01. The predicted octanol–water partition coefficient (Wildman–Crippen LogP) is 1.48. The van der Waals surface area contributed by atoms with Crippen LogP contribution in [0, 0.1) is 5.41 Å². The van der Waals surface area contributed by atoms with Gasteiger partial charge in [0.1, 0.15) is 5.01 Å². The van der Waals surface area contributed by atoms with Crippen LogP contribution in [-0.2, 0) is 11.3 Å². The van der Waals surface area contributed by atoms with Crippen molar-refractivity contribution in [3.05, 3.63) is 9.81 Å². The average Bonchev–Trinajstić information content (AvgIpc) is 2.84. The summed E-state index contributed by atoms with van der Waals surface area (Å²) in [5.74, 6) is 0.657. The van der Waals surface area contributed by atoms with Crippen LogP contribution in [-0.4, -0.2) is 22.5 Å². The van der Waals surface area contributed by atoms with Crippen molar-refractivity contribution in [3.63, 3.8) is 0 Å². The third kappa shape index (κ3) is 1.99. The van der Waals surface area contributed by atoms with Crippen LogP contribution < -0.4 is 4.80 Å². The van der Waals surface area contributed by atoms with Crippen molar-refractivity contribution in [3.8, 4) is 0 Å². The van der Waals surface area contributed by atoms with Crippen molar-refractivity contribution >= 4 is 11.3 Å². The van der Waals surface area contributed by atoms with Crippen LogP contribution in [0.2, 0.25) is 0 Å². The monoisotopic (exact) mass is 225 g/mol. The van der Waals surface area contributed by atoms with Crippen LogP contribution in [0.4, 0.5) is 0 Å². The molecule has 1 atom stereocenters. The summed E-state index contributed by atoms with van der Waals surface area (Å²) < 4.78 is 7.37. The highest BCUT2D eigenvalue weighted by atomic mass is 32.1. The maximum atomic E-state index is 7.84. The molecule has 1 unspecified atom stereocenters. The minimum atomic E-state index is 0.285. The molecular weight excluding hydrogens is 210 g/mol. The molecule has 0 spiro atoms. The molecule has 0 amide bonds. The van der Waals surface area contributed by atoms with Crippen molar-refractivity contribution in [2.24, 2.45) is 0 Å². The van der Waals surface area contributed by atoms with Crippen molar-refractivity contribution in [1.29, 1.82) is 5.41 Å². The second-order valence-electron chi connectivity index (χ2n) is 4.34. The van der Waals surface area contributed by atoms with Crippen LogP contribution in [0.15, 0.2) is 0 Å². The van der Waals surface area contributed by atoms with Crippen LogP contribution in [0.5, 0.6) is 0 Å². The summed E-state index contributed by atoms with van der Waals surface area (Å²) in [4.78, 5) is 0.576. The van der Waals surface area contributed by atoms with Crippen molar-refractivity contribution in [2.75, 3.05) is 6.61 Å². The van der Waals surface area contributed by atoms with Gasteiger partial charge in [0, 0.05) is 12.5 Å². The minimum Gasteiger partial charge on any atom is -0.376 e. The van der Waals surface area contributed by atoms with E-state index in [1.807, 2.05) is 4.68 Å². The lowest BCUT2D eigenvalue weighted by molar-refractivity contribution is 0.0928. The lowest BCUT2D eigenvalue weighted by atomic mass is 10.2. The van der Waals surface area contributed by atoms with E-state index >= 15 is 0 Å². The number of rotatable bonds is 3. The lowest BCUT2D eigenvalue weighted by Crippen LogP contribution is -2.23.